The Morgan fingerprint density at radius 3 is 2.83 bits per heavy atom. The monoisotopic (exact) mass is 313 g/mol. The van der Waals surface area contributed by atoms with Crippen LogP contribution >= 0.6 is 0 Å². The highest BCUT2D eigenvalue weighted by atomic mass is 19.1. The zero-order valence-corrected chi connectivity index (χ0v) is 12.9. The number of rotatable bonds is 4. The first kappa shape index (κ1) is 15.1. The van der Waals surface area contributed by atoms with Gasteiger partial charge in [0.05, 0.1) is 19.8 Å². The molecule has 3 rings (SSSR count). The molecule has 0 unspecified atom stereocenters. The number of carbonyl (C=O) groups excluding carboxylic acids is 1. The Kier molecular flexibility index (Phi) is 4.02. The first-order valence-corrected chi connectivity index (χ1v) is 7.17. The van der Waals surface area contributed by atoms with Crippen LogP contribution in [0.4, 0.5) is 10.1 Å². The predicted octanol–water partition coefficient (Wildman–Crippen LogP) is 4.07. The number of fused-ring (bicyclic) bond motifs is 1. The fourth-order valence-electron chi connectivity index (χ4n) is 2.46. The number of carbonyl (C=O) groups is 1. The summed E-state index contributed by atoms with van der Waals surface area (Å²) < 4.78 is 23.7. The van der Waals surface area contributed by atoms with E-state index >= 15 is 0 Å². The minimum absolute atomic E-state index is 0.177. The number of ether oxygens (including phenoxy) is 1. The van der Waals surface area contributed by atoms with E-state index in [9.17, 15) is 9.18 Å². The Morgan fingerprint density at radius 2 is 2.09 bits per heavy atom. The lowest BCUT2D eigenvalue weighted by Gasteiger charge is -2.08. The lowest BCUT2D eigenvalue weighted by atomic mass is 10.1. The van der Waals surface area contributed by atoms with Gasteiger partial charge in [-0.05, 0) is 42.8 Å². The van der Waals surface area contributed by atoms with Gasteiger partial charge in [0.1, 0.15) is 17.1 Å². The maximum Gasteiger partial charge on any atom is 0.228 e. The van der Waals surface area contributed by atoms with Gasteiger partial charge >= 0.3 is 0 Å². The molecular weight excluding hydrogens is 297 g/mol. The first-order chi connectivity index (χ1) is 11.1. The van der Waals surface area contributed by atoms with Crippen molar-refractivity contribution in [1.82, 2.24) is 0 Å². The highest BCUT2D eigenvalue weighted by molar-refractivity contribution is 5.96. The minimum atomic E-state index is -0.324. The summed E-state index contributed by atoms with van der Waals surface area (Å²) in [5, 5.41) is 3.66. The molecule has 0 spiro atoms. The van der Waals surface area contributed by atoms with Gasteiger partial charge in [-0.15, -0.1) is 0 Å². The van der Waals surface area contributed by atoms with Crippen molar-refractivity contribution in [2.24, 2.45) is 0 Å². The van der Waals surface area contributed by atoms with Crippen molar-refractivity contribution in [3.05, 3.63) is 59.6 Å². The van der Waals surface area contributed by atoms with E-state index in [0.29, 0.717) is 22.6 Å². The van der Waals surface area contributed by atoms with Gasteiger partial charge in [-0.3, -0.25) is 4.79 Å². The van der Waals surface area contributed by atoms with Gasteiger partial charge in [-0.2, -0.15) is 0 Å². The van der Waals surface area contributed by atoms with Crippen LogP contribution in [0.2, 0.25) is 0 Å². The summed E-state index contributed by atoms with van der Waals surface area (Å²) in [5.41, 5.74) is 2.75. The third-order valence-corrected chi connectivity index (χ3v) is 3.68. The molecule has 2 aromatic carbocycles. The van der Waals surface area contributed by atoms with Gasteiger partial charge in [-0.1, -0.05) is 0 Å². The molecule has 1 aromatic heterocycles. The zero-order valence-electron chi connectivity index (χ0n) is 12.9. The summed E-state index contributed by atoms with van der Waals surface area (Å²) in [7, 11) is 1.59. The SMILES string of the molecule is COc1ccc2c(CC(=O)Nc3ccc(F)cc3C)coc2c1. The molecule has 1 N–H and O–H groups in total. The molecule has 0 fully saturated rings. The second-order valence-corrected chi connectivity index (χ2v) is 5.31. The molecule has 0 bridgehead atoms. The summed E-state index contributed by atoms with van der Waals surface area (Å²) in [6.07, 6.45) is 1.75. The largest absolute Gasteiger partial charge is 0.497 e. The van der Waals surface area contributed by atoms with E-state index in [2.05, 4.69) is 5.32 Å². The van der Waals surface area contributed by atoms with E-state index in [4.69, 9.17) is 9.15 Å². The van der Waals surface area contributed by atoms with Crippen LogP contribution in [-0.4, -0.2) is 13.0 Å². The standard InChI is InChI=1S/C18H16FNO3/c1-11-7-13(19)3-6-16(11)20-18(21)8-12-10-23-17-9-14(22-2)4-5-15(12)17/h3-7,9-10H,8H2,1-2H3,(H,20,21). The van der Waals surface area contributed by atoms with Crippen LogP contribution < -0.4 is 10.1 Å². The van der Waals surface area contributed by atoms with Crippen LogP contribution in [-0.2, 0) is 11.2 Å². The number of halogens is 1. The third-order valence-electron chi connectivity index (χ3n) is 3.68. The summed E-state index contributed by atoms with van der Waals surface area (Å²) >= 11 is 0. The molecule has 0 aliphatic heterocycles. The Hall–Kier alpha value is -2.82. The predicted molar refractivity (Wildman–Crippen MR) is 86.2 cm³/mol. The van der Waals surface area contributed by atoms with Crippen molar-refractivity contribution in [1.29, 1.82) is 0 Å². The van der Waals surface area contributed by atoms with Gasteiger partial charge in [0, 0.05) is 22.7 Å². The summed E-state index contributed by atoms with van der Waals surface area (Å²) in [6, 6.07) is 9.73. The molecule has 0 saturated heterocycles. The van der Waals surface area contributed by atoms with Gasteiger partial charge in [0.2, 0.25) is 5.91 Å². The van der Waals surface area contributed by atoms with Crippen molar-refractivity contribution in [2.75, 3.05) is 12.4 Å². The van der Waals surface area contributed by atoms with Crippen LogP contribution in [0.3, 0.4) is 0 Å². The molecule has 3 aromatic rings. The van der Waals surface area contributed by atoms with Crippen LogP contribution in [0, 0.1) is 12.7 Å². The first-order valence-electron chi connectivity index (χ1n) is 7.17. The van der Waals surface area contributed by atoms with Gasteiger partial charge in [0.15, 0.2) is 0 Å². The van der Waals surface area contributed by atoms with Crippen LogP contribution in [0.1, 0.15) is 11.1 Å². The number of amides is 1. The second-order valence-electron chi connectivity index (χ2n) is 5.31. The molecule has 23 heavy (non-hydrogen) atoms. The normalized spacial score (nSPS) is 10.7. The van der Waals surface area contributed by atoms with E-state index < -0.39 is 0 Å². The lowest BCUT2D eigenvalue weighted by molar-refractivity contribution is -0.115. The second kappa shape index (κ2) is 6.12. The molecule has 4 nitrogen and oxygen atoms in total. The van der Waals surface area contributed by atoms with E-state index in [1.807, 2.05) is 12.1 Å². The molecule has 0 aliphatic rings. The van der Waals surface area contributed by atoms with Crippen LogP contribution in [0.25, 0.3) is 11.0 Å². The zero-order chi connectivity index (χ0) is 16.4. The number of hydrogen-bond acceptors (Lipinski definition) is 3. The van der Waals surface area contributed by atoms with Crippen molar-refractivity contribution in [3.63, 3.8) is 0 Å². The molecule has 0 atom stereocenters. The molecular formula is C18H16FNO3. The number of methoxy groups -OCH3 is 1. The van der Waals surface area contributed by atoms with Gasteiger partial charge in [-0.25, -0.2) is 4.39 Å². The highest BCUT2D eigenvalue weighted by Crippen LogP contribution is 2.26. The Morgan fingerprint density at radius 1 is 1.26 bits per heavy atom. The molecule has 0 radical (unpaired) electrons. The number of hydrogen-bond donors (Lipinski definition) is 1. The third kappa shape index (κ3) is 3.18. The van der Waals surface area contributed by atoms with E-state index in [1.165, 1.54) is 12.1 Å². The summed E-state index contributed by atoms with van der Waals surface area (Å²) in [4.78, 5) is 12.2. The maximum absolute atomic E-state index is 13.1. The van der Waals surface area contributed by atoms with E-state index in [-0.39, 0.29) is 18.1 Å². The molecule has 1 heterocycles. The average Bonchev–Trinajstić information content (AvgIpc) is 2.92. The van der Waals surface area contributed by atoms with Crippen LogP contribution in [0.5, 0.6) is 5.75 Å². The number of aryl methyl sites for hydroxylation is 1. The van der Waals surface area contributed by atoms with E-state index in [1.54, 1.807) is 32.4 Å². The summed E-state index contributed by atoms with van der Waals surface area (Å²) in [6.45, 7) is 1.75. The molecule has 0 saturated carbocycles. The highest BCUT2D eigenvalue weighted by Gasteiger charge is 2.12. The van der Waals surface area contributed by atoms with Crippen molar-refractivity contribution in [3.8, 4) is 5.75 Å². The van der Waals surface area contributed by atoms with Crippen molar-refractivity contribution in [2.45, 2.75) is 13.3 Å². The van der Waals surface area contributed by atoms with Crippen molar-refractivity contribution >= 4 is 22.6 Å². The quantitative estimate of drug-likeness (QED) is 0.790. The summed E-state index contributed by atoms with van der Waals surface area (Å²) in [5.74, 6) is 0.193. The number of nitrogens with one attached hydrogen (secondary N) is 1. The lowest BCUT2D eigenvalue weighted by Crippen LogP contribution is -2.15. The van der Waals surface area contributed by atoms with Crippen LogP contribution in [0.15, 0.2) is 47.1 Å². The van der Waals surface area contributed by atoms with Crippen molar-refractivity contribution < 1.29 is 18.3 Å². The molecule has 118 valence electrons. The molecule has 5 heteroatoms. The fraction of sp³-hybridized carbons (Fsp3) is 0.167. The fourth-order valence-corrected chi connectivity index (χ4v) is 2.46. The Labute approximate surface area is 132 Å². The van der Waals surface area contributed by atoms with Gasteiger partial charge < -0.3 is 14.5 Å². The Bertz CT molecular complexity index is 870. The van der Waals surface area contributed by atoms with Gasteiger partial charge in [0.25, 0.3) is 0 Å². The topological polar surface area (TPSA) is 51.5 Å². The maximum atomic E-state index is 13.1. The molecule has 1 amide bonds. The number of furan rings is 1. The average molecular weight is 313 g/mol. The smallest absolute Gasteiger partial charge is 0.228 e. The minimum Gasteiger partial charge on any atom is -0.497 e. The number of anilines is 1. The van der Waals surface area contributed by atoms with E-state index in [0.717, 1.165) is 10.9 Å². The Balaban J connectivity index is 1.77. The number of benzene rings is 2. The molecule has 0 aliphatic carbocycles.